The summed E-state index contributed by atoms with van der Waals surface area (Å²) >= 11 is 0. The van der Waals surface area contributed by atoms with E-state index >= 15 is 0 Å². The van der Waals surface area contributed by atoms with Crippen molar-refractivity contribution in [2.45, 2.75) is 57.1 Å². The SMILES string of the molecule is C/C=C(\C)C(=O)OC1C[C@@H]2[C@@H](O)[C@@H](O)[C@H](C1)N2C. The molecule has 0 radical (unpaired) electrons. The molecule has 0 aliphatic carbocycles. The third kappa shape index (κ3) is 2.18. The van der Waals surface area contributed by atoms with E-state index < -0.39 is 12.2 Å². The Balaban J connectivity index is 2.02. The fourth-order valence-electron chi connectivity index (χ4n) is 2.89. The number of piperidine rings is 1. The average molecular weight is 255 g/mol. The standard InChI is InChI=1S/C13H21NO4/c1-4-7(2)13(17)18-8-5-9-11(15)12(16)10(6-8)14(9)3/h4,8-12,15-16H,5-6H2,1-3H3/b7-4+/t8?,9-,10+,11-,12+. The van der Waals surface area contributed by atoms with Crippen LogP contribution in [0, 0.1) is 0 Å². The van der Waals surface area contributed by atoms with Crippen LogP contribution in [-0.2, 0) is 9.53 Å². The lowest BCUT2D eigenvalue weighted by molar-refractivity contribution is -0.148. The van der Waals surface area contributed by atoms with Crippen LogP contribution in [0.4, 0.5) is 0 Å². The summed E-state index contributed by atoms with van der Waals surface area (Å²) in [6, 6.07) is -0.245. The second-order valence-electron chi connectivity index (χ2n) is 5.25. The molecule has 2 heterocycles. The molecule has 2 aliphatic heterocycles. The Morgan fingerprint density at radius 1 is 1.28 bits per heavy atom. The number of allylic oxidation sites excluding steroid dienone is 1. The van der Waals surface area contributed by atoms with Crippen LogP contribution in [0.2, 0.25) is 0 Å². The molecule has 102 valence electrons. The lowest BCUT2D eigenvalue weighted by Crippen LogP contribution is -2.46. The summed E-state index contributed by atoms with van der Waals surface area (Å²) in [5.41, 5.74) is 0.586. The minimum absolute atomic E-state index is 0.123. The Morgan fingerprint density at radius 2 is 1.78 bits per heavy atom. The number of aliphatic hydroxyl groups excluding tert-OH is 2. The number of nitrogens with zero attached hydrogens (tertiary/aromatic N) is 1. The second-order valence-corrected chi connectivity index (χ2v) is 5.25. The minimum atomic E-state index is -0.744. The van der Waals surface area contributed by atoms with Gasteiger partial charge in [0.1, 0.15) is 6.10 Å². The Morgan fingerprint density at radius 3 is 2.22 bits per heavy atom. The Hall–Kier alpha value is -0.910. The topological polar surface area (TPSA) is 70.0 Å². The van der Waals surface area contributed by atoms with Gasteiger partial charge in [-0.05, 0) is 20.9 Å². The smallest absolute Gasteiger partial charge is 0.333 e. The van der Waals surface area contributed by atoms with Crippen LogP contribution >= 0.6 is 0 Å². The van der Waals surface area contributed by atoms with E-state index in [4.69, 9.17) is 4.74 Å². The molecule has 0 saturated carbocycles. The molecule has 5 heteroatoms. The molecular formula is C13H21NO4. The quantitative estimate of drug-likeness (QED) is 0.539. The highest BCUT2D eigenvalue weighted by Crippen LogP contribution is 2.36. The summed E-state index contributed by atoms with van der Waals surface area (Å²) in [5.74, 6) is -0.310. The van der Waals surface area contributed by atoms with E-state index in [1.807, 2.05) is 11.9 Å². The first-order valence-electron chi connectivity index (χ1n) is 6.37. The van der Waals surface area contributed by atoms with E-state index in [1.54, 1.807) is 19.9 Å². The first-order valence-corrected chi connectivity index (χ1v) is 6.37. The third-order valence-electron chi connectivity index (χ3n) is 4.22. The van der Waals surface area contributed by atoms with Gasteiger partial charge in [0.2, 0.25) is 0 Å². The fraction of sp³-hybridized carbons (Fsp3) is 0.769. The number of hydrogen-bond acceptors (Lipinski definition) is 5. The molecule has 18 heavy (non-hydrogen) atoms. The second kappa shape index (κ2) is 4.99. The Labute approximate surface area is 107 Å². The van der Waals surface area contributed by atoms with Crippen molar-refractivity contribution in [3.8, 4) is 0 Å². The normalized spacial score (nSPS) is 40.9. The number of carbonyl (C=O) groups excluding carboxylic acids is 1. The molecule has 2 aliphatic rings. The highest BCUT2D eigenvalue weighted by atomic mass is 16.5. The van der Waals surface area contributed by atoms with Crippen molar-refractivity contribution in [2.75, 3.05) is 7.05 Å². The summed E-state index contributed by atoms with van der Waals surface area (Å²) in [5, 5.41) is 19.8. The molecule has 2 saturated heterocycles. The van der Waals surface area contributed by atoms with Gasteiger partial charge >= 0.3 is 5.97 Å². The maximum Gasteiger partial charge on any atom is 0.333 e. The number of likely N-dealkylation sites (N-methyl/N-ethyl adjacent to an activating group) is 1. The number of ether oxygens (including phenoxy) is 1. The fourth-order valence-corrected chi connectivity index (χ4v) is 2.89. The number of rotatable bonds is 2. The number of carbonyl (C=O) groups is 1. The van der Waals surface area contributed by atoms with Crippen molar-refractivity contribution in [1.82, 2.24) is 4.90 Å². The van der Waals surface area contributed by atoms with Crippen LogP contribution in [-0.4, -0.2) is 58.5 Å². The van der Waals surface area contributed by atoms with Crippen LogP contribution in [0.1, 0.15) is 26.7 Å². The molecule has 5 nitrogen and oxygen atoms in total. The zero-order valence-corrected chi connectivity index (χ0v) is 11.0. The van der Waals surface area contributed by atoms with Gasteiger partial charge in [-0.2, -0.15) is 0 Å². The molecule has 2 rings (SSSR count). The van der Waals surface area contributed by atoms with E-state index in [0.29, 0.717) is 18.4 Å². The molecule has 0 spiro atoms. The maximum atomic E-state index is 11.7. The van der Waals surface area contributed by atoms with Crippen molar-refractivity contribution < 1.29 is 19.7 Å². The van der Waals surface area contributed by atoms with Crippen molar-refractivity contribution in [1.29, 1.82) is 0 Å². The van der Waals surface area contributed by atoms with Crippen molar-refractivity contribution in [3.63, 3.8) is 0 Å². The molecule has 2 fully saturated rings. The summed E-state index contributed by atoms with van der Waals surface area (Å²) in [7, 11) is 1.89. The number of fused-ring (bicyclic) bond motifs is 2. The van der Waals surface area contributed by atoms with Gasteiger partial charge in [-0.25, -0.2) is 4.79 Å². The van der Waals surface area contributed by atoms with E-state index in [9.17, 15) is 15.0 Å². The first-order chi connectivity index (χ1) is 8.45. The molecule has 2 N–H and O–H groups in total. The Kier molecular flexibility index (Phi) is 3.75. The number of aliphatic hydroxyl groups is 2. The minimum Gasteiger partial charge on any atom is -0.459 e. The average Bonchev–Trinajstić information content (AvgIpc) is 2.50. The lowest BCUT2D eigenvalue weighted by atomic mass is 10.00. The largest absolute Gasteiger partial charge is 0.459 e. The monoisotopic (exact) mass is 255 g/mol. The van der Waals surface area contributed by atoms with Crippen LogP contribution in [0.3, 0.4) is 0 Å². The number of hydrogen-bond donors (Lipinski definition) is 2. The van der Waals surface area contributed by atoms with Gasteiger partial charge < -0.3 is 14.9 Å². The summed E-state index contributed by atoms with van der Waals surface area (Å²) < 4.78 is 5.41. The van der Waals surface area contributed by atoms with Crippen LogP contribution < -0.4 is 0 Å². The molecule has 0 aromatic rings. The van der Waals surface area contributed by atoms with Gasteiger partial charge in [0.25, 0.3) is 0 Å². The molecule has 0 amide bonds. The first kappa shape index (κ1) is 13.5. The maximum absolute atomic E-state index is 11.7. The van der Waals surface area contributed by atoms with E-state index in [-0.39, 0.29) is 24.2 Å². The lowest BCUT2D eigenvalue weighted by Gasteiger charge is -2.35. The van der Waals surface area contributed by atoms with Gasteiger partial charge in [-0.15, -0.1) is 0 Å². The molecule has 2 bridgehead atoms. The molecule has 1 unspecified atom stereocenters. The van der Waals surface area contributed by atoms with Crippen molar-refractivity contribution in [2.24, 2.45) is 0 Å². The summed E-state index contributed by atoms with van der Waals surface area (Å²) in [6.07, 6.45) is 1.17. The third-order valence-corrected chi connectivity index (χ3v) is 4.22. The summed E-state index contributed by atoms with van der Waals surface area (Å²) in [6.45, 7) is 3.51. The highest BCUT2D eigenvalue weighted by Gasteiger charge is 2.51. The van der Waals surface area contributed by atoms with Gasteiger partial charge in [-0.3, -0.25) is 4.90 Å². The van der Waals surface area contributed by atoms with E-state index in [1.165, 1.54) is 0 Å². The number of esters is 1. The van der Waals surface area contributed by atoms with Crippen LogP contribution in [0.15, 0.2) is 11.6 Å². The van der Waals surface area contributed by atoms with Gasteiger partial charge in [0, 0.05) is 30.5 Å². The van der Waals surface area contributed by atoms with Gasteiger partial charge in [0.15, 0.2) is 0 Å². The zero-order chi connectivity index (χ0) is 13.4. The zero-order valence-electron chi connectivity index (χ0n) is 11.0. The predicted octanol–water partition coefficient (Wildman–Crippen LogP) is 0.0626. The Bertz CT molecular complexity index is 342. The molecule has 0 aromatic carbocycles. The summed E-state index contributed by atoms with van der Waals surface area (Å²) in [4.78, 5) is 13.7. The van der Waals surface area contributed by atoms with Crippen molar-refractivity contribution >= 4 is 5.97 Å². The van der Waals surface area contributed by atoms with Crippen molar-refractivity contribution in [3.05, 3.63) is 11.6 Å². The van der Waals surface area contributed by atoms with Crippen LogP contribution in [0.5, 0.6) is 0 Å². The predicted molar refractivity (Wildman–Crippen MR) is 65.9 cm³/mol. The van der Waals surface area contributed by atoms with E-state index in [0.717, 1.165) is 0 Å². The molecular weight excluding hydrogens is 234 g/mol. The van der Waals surface area contributed by atoms with E-state index in [2.05, 4.69) is 0 Å². The highest BCUT2D eigenvalue weighted by molar-refractivity contribution is 5.87. The van der Waals surface area contributed by atoms with Gasteiger partial charge in [-0.1, -0.05) is 6.08 Å². The molecule has 5 atom stereocenters. The molecule has 0 aromatic heterocycles. The van der Waals surface area contributed by atoms with Crippen LogP contribution in [0.25, 0.3) is 0 Å². The van der Waals surface area contributed by atoms with Gasteiger partial charge in [0.05, 0.1) is 12.2 Å².